The van der Waals surface area contributed by atoms with E-state index < -0.39 is 0 Å². The van der Waals surface area contributed by atoms with Crippen LogP contribution < -0.4 is 0 Å². The topological polar surface area (TPSA) is 59.4 Å². The third kappa shape index (κ3) is 2.71. The molecule has 2 rings (SSSR count). The smallest absolute Gasteiger partial charge is 0.260 e. The fourth-order valence-corrected chi connectivity index (χ4v) is 1.77. The lowest BCUT2D eigenvalue weighted by molar-refractivity contribution is -0.804. The number of rotatable bonds is 2. The molecule has 0 fully saturated rings. The lowest BCUT2D eigenvalue weighted by atomic mass is 10.1. The van der Waals surface area contributed by atoms with Crippen LogP contribution in [-0.4, -0.2) is 36.5 Å². The third-order valence-corrected chi connectivity index (χ3v) is 2.76. The molecular weight excluding hydrogens is 250 g/mol. The van der Waals surface area contributed by atoms with Gasteiger partial charge in [0.25, 0.3) is 5.96 Å². The summed E-state index contributed by atoms with van der Waals surface area (Å²) in [6, 6.07) is 9.27. The van der Waals surface area contributed by atoms with E-state index in [2.05, 4.69) is 15.1 Å². The molecule has 1 aromatic carbocycles. The monoisotopic (exact) mass is 261 g/mol. The number of halogens is 1. The predicted molar refractivity (Wildman–Crippen MR) is 72.9 cm³/mol. The fraction of sp³-hybridized carbons (Fsp3) is 0.250. The molecule has 0 aliphatic carbocycles. The summed E-state index contributed by atoms with van der Waals surface area (Å²) in [7, 11) is 3.66. The fourth-order valence-electron chi connectivity index (χ4n) is 1.65. The van der Waals surface area contributed by atoms with Gasteiger partial charge in [-0.2, -0.15) is 9.58 Å². The maximum atomic E-state index is 8.59. The molecule has 0 N–H and O–H groups in total. The molecule has 5 nitrogen and oxygen atoms in total. The Kier molecular flexibility index (Phi) is 3.39. The molecule has 0 bridgehead atoms. The molecule has 1 heterocycles. The van der Waals surface area contributed by atoms with Crippen LogP contribution in [0.5, 0.6) is 0 Å². The van der Waals surface area contributed by atoms with E-state index in [9.17, 15) is 0 Å². The molecule has 0 amide bonds. The van der Waals surface area contributed by atoms with Gasteiger partial charge in [0.15, 0.2) is 5.84 Å². The summed E-state index contributed by atoms with van der Waals surface area (Å²) >= 11 is 5.83. The van der Waals surface area contributed by atoms with Crippen LogP contribution in [0.2, 0.25) is 5.02 Å². The molecule has 18 heavy (non-hydrogen) atoms. The lowest BCUT2D eigenvalue weighted by Gasteiger charge is -2.17. The second-order valence-electron chi connectivity index (χ2n) is 4.34. The van der Waals surface area contributed by atoms with Gasteiger partial charge < -0.3 is 10.4 Å². The molecule has 1 aromatic rings. The zero-order valence-electron chi connectivity index (χ0n) is 10.1. The first kappa shape index (κ1) is 12.6. The van der Waals surface area contributed by atoms with Gasteiger partial charge in [-0.05, 0) is 17.7 Å². The van der Waals surface area contributed by atoms with Gasteiger partial charge in [-0.3, -0.25) is 0 Å². The van der Waals surface area contributed by atoms with Crippen molar-refractivity contribution < 1.29 is 4.59 Å². The van der Waals surface area contributed by atoms with Crippen LogP contribution in [0.25, 0.3) is 5.41 Å². The molecule has 0 radical (unpaired) electrons. The first-order valence-corrected chi connectivity index (χ1v) is 5.76. The highest BCUT2D eigenvalue weighted by atomic mass is 35.5. The maximum Gasteiger partial charge on any atom is 0.260 e. The molecule has 0 saturated heterocycles. The summed E-state index contributed by atoms with van der Waals surface area (Å²) in [6.45, 7) is 0. The van der Waals surface area contributed by atoms with Crippen LogP contribution >= 0.6 is 11.6 Å². The van der Waals surface area contributed by atoms with Gasteiger partial charge in [0.2, 0.25) is 0 Å². The Bertz CT molecular complexity index is 565. The molecule has 0 spiro atoms. The van der Waals surface area contributed by atoms with Crippen LogP contribution in [0.1, 0.15) is 5.56 Å². The molecule has 1 aliphatic rings. The Hall–Kier alpha value is -1.81. The Labute approximate surface area is 110 Å². The second kappa shape index (κ2) is 4.82. The summed E-state index contributed by atoms with van der Waals surface area (Å²) in [5.41, 5.74) is 1.07. The lowest BCUT2D eigenvalue weighted by Crippen LogP contribution is -2.36. The minimum atomic E-state index is 0.149. The van der Waals surface area contributed by atoms with E-state index in [4.69, 9.17) is 17.0 Å². The van der Waals surface area contributed by atoms with E-state index >= 15 is 0 Å². The molecular formula is C12H12ClN5. The van der Waals surface area contributed by atoms with Gasteiger partial charge in [0.05, 0.1) is 14.1 Å². The normalized spacial score (nSPS) is 16.8. The number of nitrogens with zero attached hydrogens (tertiary/aromatic N) is 5. The zero-order valence-corrected chi connectivity index (χ0v) is 10.9. The molecule has 0 saturated carbocycles. The van der Waals surface area contributed by atoms with Crippen molar-refractivity contribution in [3.63, 3.8) is 0 Å². The average molecular weight is 262 g/mol. The Balaban J connectivity index is 2.21. The molecule has 92 valence electrons. The van der Waals surface area contributed by atoms with Crippen LogP contribution in [0.4, 0.5) is 0 Å². The van der Waals surface area contributed by atoms with E-state index in [1.807, 2.05) is 38.4 Å². The average Bonchev–Trinajstić information content (AvgIpc) is 2.58. The zero-order chi connectivity index (χ0) is 13.2. The van der Waals surface area contributed by atoms with Crippen molar-refractivity contribution in [2.24, 2.45) is 15.1 Å². The second-order valence-corrected chi connectivity index (χ2v) is 4.77. The van der Waals surface area contributed by atoms with Crippen LogP contribution in [0.15, 0.2) is 39.4 Å². The van der Waals surface area contributed by atoms with Crippen molar-refractivity contribution in [1.29, 1.82) is 0 Å². The SMILES string of the molecule is C[N+]1(C)N=C(Cc2ccc(Cl)cc2)N=C1N=C=[N-]. The minimum absolute atomic E-state index is 0.149. The van der Waals surface area contributed by atoms with Gasteiger partial charge >= 0.3 is 0 Å². The number of guanidine groups is 1. The third-order valence-electron chi connectivity index (χ3n) is 2.51. The quantitative estimate of drug-likeness (QED) is 0.580. The standard InChI is InChI=1S/C12H12ClN5/c1-18(2)12(15-8-14)16-11(17-18)7-9-3-5-10(13)6-4-9/h3-6H,7H2,1-2H3. The van der Waals surface area contributed by atoms with Gasteiger partial charge in [-0.1, -0.05) is 28.8 Å². The number of hydrogen-bond acceptors (Lipinski definition) is 3. The Morgan fingerprint density at radius 2 is 2.00 bits per heavy atom. The molecule has 0 aromatic heterocycles. The Morgan fingerprint density at radius 3 is 2.61 bits per heavy atom. The number of quaternary nitrogens is 1. The molecule has 0 atom stereocenters. The van der Waals surface area contributed by atoms with Crippen LogP contribution in [0.3, 0.4) is 0 Å². The predicted octanol–water partition coefficient (Wildman–Crippen LogP) is 2.39. The molecule has 6 heteroatoms. The van der Waals surface area contributed by atoms with E-state index in [0.717, 1.165) is 5.56 Å². The maximum absolute atomic E-state index is 8.59. The minimum Gasteiger partial charge on any atom is -0.422 e. The van der Waals surface area contributed by atoms with Crippen LogP contribution in [-0.2, 0) is 6.42 Å². The number of aliphatic imine (C=N–C) groups is 2. The van der Waals surface area contributed by atoms with Crippen molar-refractivity contribution in [2.75, 3.05) is 14.1 Å². The van der Waals surface area contributed by atoms with Crippen molar-refractivity contribution in [3.8, 4) is 0 Å². The summed E-state index contributed by atoms with van der Waals surface area (Å²) in [5.74, 6) is 1.07. The van der Waals surface area contributed by atoms with Crippen molar-refractivity contribution >= 4 is 29.4 Å². The first-order valence-electron chi connectivity index (χ1n) is 5.38. The van der Waals surface area contributed by atoms with E-state index in [-0.39, 0.29) is 4.59 Å². The largest absolute Gasteiger partial charge is 0.422 e. The van der Waals surface area contributed by atoms with Crippen molar-refractivity contribution in [1.82, 2.24) is 0 Å². The summed E-state index contributed by atoms with van der Waals surface area (Å²) in [4.78, 5) is 7.94. The number of benzene rings is 1. The molecule has 0 unspecified atom stereocenters. The summed E-state index contributed by atoms with van der Waals surface area (Å²) in [6.07, 6.45) is 0.600. The van der Waals surface area contributed by atoms with Gasteiger partial charge in [-0.25, -0.2) is 0 Å². The highest BCUT2D eigenvalue weighted by Crippen LogP contribution is 2.16. The van der Waals surface area contributed by atoms with Gasteiger partial charge in [0.1, 0.15) is 0 Å². The first-order chi connectivity index (χ1) is 8.51. The van der Waals surface area contributed by atoms with E-state index in [1.54, 1.807) is 6.01 Å². The highest BCUT2D eigenvalue weighted by Gasteiger charge is 2.27. The highest BCUT2D eigenvalue weighted by molar-refractivity contribution is 6.30. The molecule has 1 aliphatic heterocycles. The van der Waals surface area contributed by atoms with Crippen LogP contribution in [0, 0.1) is 0 Å². The van der Waals surface area contributed by atoms with Gasteiger partial charge in [-0.15, -0.1) is 6.01 Å². The number of hydrogen-bond donors (Lipinski definition) is 0. The summed E-state index contributed by atoms with van der Waals surface area (Å²) in [5, 5.41) is 13.7. The van der Waals surface area contributed by atoms with Crippen molar-refractivity contribution in [2.45, 2.75) is 6.42 Å². The number of amidine groups is 1. The van der Waals surface area contributed by atoms with Crippen molar-refractivity contribution in [3.05, 3.63) is 40.3 Å². The summed E-state index contributed by atoms with van der Waals surface area (Å²) < 4.78 is 0.149. The Morgan fingerprint density at radius 1 is 1.33 bits per heavy atom. The van der Waals surface area contributed by atoms with E-state index in [1.165, 1.54) is 0 Å². The van der Waals surface area contributed by atoms with Gasteiger partial charge in [0, 0.05) is 11.4 Å². The van der Waals surface area contributed by atoms with E-state index in [0.29, 0.717) is 23.2 Å².